The minimum absolute atomic E-state index is 0.138. The third-order valence-electron chi connectivity index (χ3n) is 2.61. The van der Waals surface area contributed by atoms with Crippen molar-refractivity contribution in [3.63, 3.8) is 0 Å². The number of anilines is 1. The SMILES string of the molecule is Cc1cccc(NS(=O)(=O)c2ccc(C(=O)O)c(Cl)c2)n1. The molecular formula is C13H11ClN2O4S. The summed E-state index contributed by atoms with van der Waals surface area (Å²) in [7, 11) is -3.88. The molecule has 0 bridgehead atoms. The van der Waals surface area contributed by atoms with E-state index in [0.717, 1.165) is 12.1 Å². The van der Waals surface area contributed by atoms with Crippen LogP contribution in [0.25, 0.3) is 0 Å². The zero-order valence-electron chi connectivity index (χ0n) is 10.9. The number of carboxylic acid groups (broad SMARTS) is 1. The van der Waals surface area contributed by atoms with Gasteiger partial charge < -0.3 is 5.11 Å². The molecule has 1 aromatic carbocycles. The summed E-state index contributed by atoms with van der Waals surface area (Å²) in [6, 6.07) is 8.31. The summed E-state index contributed by atoms with van der Waals surface area (Å²) in [5.74, 6) is -1.05. The van der Waals surface area contributed by atoms with Crippen LogP contribution in [0, 0.1) is 6.92 Å². The smallest absolute Gasteiger partial charge is 0.337 e. The Morgan fingerprint density at radius 3 is 2.57 bits per heavy atom. The fraction of sp³-hybridized carbons (Fsp3) is 0.0769. The van der Waals surface area contributed by atoms with E-state index in [1.165, 1.54) is 12.1 Å². The fourth-order valence-electron chi connectivity index (χ4n) is 1.63. The molecule has 2 aromatic rings. The summed E-state index contributed by atoms with van der Waals surface area (Å²) < 4.78 is 26.7. The van der Waals surface area contributed by atoms with E-state index in [-0.39, 0.29) is 21.3 Å². The first-order valence-corrected chi connectivity index (χ1v) is 7.65. The number of hydrogen-bond acceptors (Lipinski definition) is 4. The minimum Gasteiger partial charge on any atom is -0.478 e. The van der Waals surface area contributed by atoms with Crippen molar-refractivity contribution in [3.05, 3.63) is 52.7 Å². The Kier molecular flexibility index (Phi) is 4.15. The van der Waals surface area contributed by atoms with Gasteiger partial charge in [-0.05, 0) is 37.3 Å². The number of aryl methyl sites for hydroxylation is 1. The molecule has 0 unspecified atom stereocenters. The van der Waals surface area contributed by atoms with Crippen LogP contribution in [0.1, 0.15) is 16.1 Å². The van der Waals surface area contributed by atoms with Gasteiger partial charge in [0.15, 0.2) is 0 Å². The number of sulfonamides is 1. The van der Waals surface area contributed by atoms with Crippen molar-refractivity contribution >= 4 is 33.4 Å². The summed E-state index contributed by atoms with van der Waals surface area (Å²) in [4.78, 5) is 14.7. The Labute approximate surface area is 126 Å². The van der Waals surface area contributed by atoms with Crippen LogP contribution in [0.5, 0.6) is 0 Å². The molecule has 21 heavy (non-hydrogen) atoms. The van der Waals surface area contributed by atoms with Crippen LogP contribution >= 0.6 is 11.6 Å². The molecule has 0 saturated heterocycles. The Balaban J connectivity index is 2.36. The van der Waals surface area contributed by atoms with Gasteiger partial charge in [0.05, 0.1) is 15.5 Å². The van der Waals surface area contributed by atoms with Crippen molar-refractivity contribution in [2.45, 2.75) is 11.8 Å². The topological polar surface area (TPSA) is 96.4 Å². The van der Waals surface area contributed by atoms with Crippen molar-refractivity contribution in [1.29, 1.82) is 0 Å². The van der Waals surface area contributed by atoms with Gasteiger partial charge in [-0.2, -0.15) is 0 Å². The molecule has 6 nitrogen and oxygen atoms in total. The maximum absolute atomic E-state index is 12.2. The van der Waals surface area contributed by atoms with Gasteiger partial charge in [-0.25, -0.2) is 18.2 Å². The van der Waals surface area contributed by atoms with Crippen LogP contribution < -0.4 is 4.72 Å². The van der Waals surface area contributed by atoms with E-state index in [9.17, 15) is 13.2 Å². The van der Waals surface area contributed by atoms with Crippen LogP contribution in [-0.4, -0.2) is 24.5 Å². The summed E-state index contributed by atoms with van der Waals surface area (Å²) in [6.45, 7) is 1.73. The van der Waals surface area contributed by atoms with Crippen molar-refractivity contribution in [3.8, 4) is 0 Å². The van der Waals surface area contributed by atoms with Gasteiger partial charge in [0.25, 0.3) is 10.0 Å². The molecule has 0 amide bonds. The first-order chi connectivity index (χ1) is 9.79. The average Bonchev–Trinajstić information content (AvgIpc) is 2.37. The Morgan fingerprint density at radius 1 is 1.29 bits per heavy atom. The number of pyridine rings is 1. The molecule has 0 aliphatic rings. The molecule has 110 valence electrons. The number of aromatic carboxylic acids is 1. The Morgan fingerprint density at radius 2 is 2.00 bits per heavy atom. The van der Waals surface area contributed by atoms with Gasteiger partial charge in [-0.1, -0.05) is 17.7 Å². The molecule has 8 heteroatoms. The second kappa shape index (κ2) is 5.71. The van der Waals surface area contributed by atoms with Gasteiger partial charge in [0, 0.05) is 5.69 Å². The number of carboxylic acids is 1. The van der Waals surface area contributed by atoms with Gasteiger partial charge in [-0.3, -0.25) is 4.72 Å². The number of rotatable bonds is 4. The highest BCUT2D eigenvalue weighted by Gasteiger charge is 2.18. The van der Waals surface area contributed by atoms with E-state index in [1.807, 2.05) is 0 Å². The lowest BCUT2D eigenvalue weighted by molar-refractivity contribution is 0.0697. The highest BCUT2D eigenvalue weighted by Crippen LogP contribution is 2.22. The fourth-order valence-corrected chi connectivity index (χ4v) is 2.99. The maximum Gasteiger partial charge on any atom is 0.337 e. The minimum atomic E-state index is -3.88. The summed E-state index contributed by atoms with van der Waals surface area (Å²) in [5.41, 5.74) is 0.499. The first kappa shape index (κ1) is 15.3. The van der Waals surface area contributed by atoms with Crippen molar-refractivity contribution in [1.82, 2.24) is 4.98 Å². The molecule has 0 atom stereocenters. The third-order valence-corrected chi connectivity index (χ3v) is 4.27. The van der Waals surface area contributed by atoms with Crippen LogP contribution in [0.4, 0.5) is 5.82 Å². The summed E-state index contributed by atoms with van der Waals surface area (Å²) >= 11 is 5.77. The molecule has 2 rings (SSSR count). The van der Waals surface area contributed by atoms with E-state index in [2.05, 4.69) is 9.71 Å². The van der Waals surface area contributed by atoms with Crippen molar-refractivity contribution in [2.24, 2.45) is 0 Å². The summed E-state index contributed by atoms with van der Waals surface area (Å²) in [5, 5.41) is 8.72. The van der Waals surface area contributed by atoms with Gasteiger partial charge in [0.1, 0.15) is 5.82 Å². The van der Waals surface area contributed by atoms with Crippen LogP contribution in [-0.2, 0) is 10.0 Å². The van der Waals surface area contributed by atoms with Crippen LogP contribution in [0.3, 0.4) is 0 Å². The van der Waals surface area contributed by atoms with Crippen molar-refractivity contribution in [2.75, 3.05) is 4.72 Å². The average molecular weight is 327 g/mol. The zero-order valence-corrected chi connectivity index (χ0v) is 12.4. The molecule has 0 radical (unpaired) electrons. The number of nitrogens with one attached hydrogen (secondary N) is 1. The van der Waals surface area contributed by atoms with E-state index >= 15 is 0 Å². The Hall–Kier alpha value is -2.12. The number of benzene rings is 1. The van der Waals surface area contributed by atoms with E-state index in [0.29, 0.717) is 5.69 Å². The van der Waals surface area contributed by atoms with E-state index in [4.69, 9.17) is 16.7 Å². The second-order valence-electron chi connectivity index (χ2n) is 4.22. The molecule has 1 aromatic heterocycles. The lowest BCUT2D eigenvalue weighted by Gasteiger charge is -2.09. The predicted molar refractivity (Wildman–Crippen MR) is 78.2 cm³/mol. The molecular weight excluding hydrogens is 316 g/mol. The normalized spacial score (nSPS) is 11.1. The van der Waals surface area contributed by atoms with Gasteiger partial charge in [0.2, 0.25) is 0 Å². The number of nitrogens with zero attached hydrogens (tertiary/aromatic N) is 1. The standard InChI is InChI=1S/C13H11ClN2O4S/c1-8-3-2-4-12(15-8)16-21(19,20)9-5-6-10(13(17)18)11(14)7-9/h2-7H,1H3,(H,15,16)(H,17,18). The molecule has 1 heterocycles. The molecule has 0 aliphatic carbocycles. The number of carbonyl (C=O) groups is 1. The van der Waals surface area contributed by atoms with Crippen LogP contribution in [0.15, 0.2) is 41.3 Å². The molecule has 0 saturated carbocycles. The second-order valence-corrected chi connectivity index (χ2v) is 6.31. The molecule has 2 N–H and O–H groups in total. The lowest BCUT2D eigenvalue weighted by atomic mass is 10.2. The number of halogens is 1. The highest BCUT2D eigenvalue weighted by atomic mass is 35.5. The van der Waals surface area contributed by atoms with Gasteiger partial charge in [-0.15, -0.1) is 0 Å². The van der Waals surface area contributed by atoms with E-state index in [1.54, 1.807) is 19.1 Å². The maximum atomic E-state index is 12.2. The molecule has 0 aliphatic heterocycles. The predicted octanol–water partition coefficient (Wildman–Crippen LogP) is 2.54. The monoisotopic (exact) mass is 326 g/mol. The van der Waals surface area contributed by atoms with Gasteiger partial charge >= 0.3 is 5.97 Å². The number of hydrogen-bond donors (Lipinski definition) is 2. The first-order valence-electron chi connectivity index (χ1n) is 5.79. The van der Waals surface area contributed by atoms with E-state index < -0.39 is 16.0 Å². The largest absolute Gasteiger partial charge is 0.478 e. The third kappa shape index (κ3) is 3.50. The number of aromatic nitrogens is 1. The molecule has 0 spiro atoms. The Bertz CT molecular complexity index is 806. The van der Waals surface area contributed by atoms with Crippen molar-refractivity contribution < 1.29 is 18.3 Å². The summed E-state index contributed by atoms with van der Waals surface area (Å²) in [6.07, 6.45) is 0. The quantitative estimate of drug-likeness (QED) is 0.900. The zero-order chi connectivity index (χ0) is 15.6. The highest BCUT2D eigenvalue weighted by molar-refractivity contribution is 7.92. The van der Waals surface area contributed by atoms with Crippen LogP contribution in [0.2, 0.25) is 5.02 Å². The molecule has 0 fully saturated rings. The lowest BCUT2D eigenvalue weighted by Crippen LogP contribution is -2.14.